The van der Waals surface area contributed by atoms with E-state index in [1.54, 1.807) is 24.3 Å². The second-order valence-corrected chi connectivity index (χ2v) is 8.34. The van der Waals surface area contributed by atoms with Gasteiger partial charge in [-0.05, 0) is 59.7 Å². The molecule has 0 spiro atoms. The zero-order valence-corrected chi connectivity index (χ0v) is 18.8. The first-order valence-electron chi connectivity index (χ1n) is 10.2. The summed E-state index contributed by atoms with van der Waals surface area (Å²) in [6, 6.07) is 17.7. The third-order valence-corrected chi connectivity index (χ3v) is 6.11. The van der Waals surface area contributed by atoms with Crippen molar-refractivity contribution in [3.05, 3.63) is 97.5 Å². The molecule has 0 radical (unpaired) electrons. The van der Waals surface area contributed by atoms with Gasteiger partial charge in [-0.15, -0.1) is 0 Å². The number of hydrogen-bond acceptors (Lipinski definition) is 5. The summed E-state index contributed by atoms with van der Waals surface area (Å²) in [5.74, 6) is 1.08. The van der Waals surface area contributed by atoms with Crippen LogP contribution in [0.3, 0.4) is 0 Å². The molecule has 0 unspecified atom stereocenters. The summed E-state index contributed by atoms with van der Waals surface area (Å²) in [7, 11) is 0. The van der Waals surface area contributed by atoms with Gasteiger partial charge >= 0.3 is 0 Å². The highest BCUT2D eigenvalue weighted by molar-refractivity contribution is 7.71. The number of aromatic nitrogens is 2. The molecule has 4 aromatic rings. The quantitative estimate of drug-likeness (QED) is 0.414. The predicted octanol–water partition coefficient (Wildman–Crippen LogP) is 4.42. The smallest absolute Gasteiger partial charge is 0.262 e. The van der Waals surface area contributed by atoms with Crippen molar-refractivity contribution >= 4 is 40.6 Å². The third kappa shape index (κ3) is 4.22. The number of amides is 1. The Labute approximate surface area is 198 Å². The van der Waals surface area contributed by atoms with Gasteiger partial charge in [-0.2, -0.15) is 0 Å². The maximum Gasteiger partial charge on any atom is 0.262 e. The van der Waals surface area contributed by atoms with Crippen molar-refractivity contribution in [1.29, 1.82) is 0 Å². The zero-order valence-electron chi connectivity index (χ0n) is 17.3. The van der Waals surface area contributed by atoms with Crippen LogP contribution in [0.2, 0.25) is 5.02 Å². The number of ether oxygens (including phenoxy) is 2. The lowest BCUT2D eigenvalue weighted by Crippen LogP contribution is -2.24. The highest BCUT2D eigenvalue weighted by Gasteiger charge is 2.15. The number of H-pyrrole nitrogens is 1. The summed E-state index contributed by atoms with van der Waals surface area (Å²) in [4.78, 5) is 28.8. The van der Waals surface area contributed by atoms with E-state index in [1.807, 2.05) is 36.4 Å². The van der Waals surface area contributed by atoms with Crippen LogP contribution in [0.4, 0.5) is 0 Å². The second-order valence-electron chi connectivity index (χ2n) is 7.54. The van der Waals surface area contributed by atoms with Crippen LogP contribution in [0.25, 0.3) is 10.9 Å². The molecular weight excluding hydrogens is 462 g/mol. The van der Waals surface area contributed by atoms with Gasteiger partial charge in [0, 0.05) is 17.1 Å². The number of hydrogen-bond donors (Lipinski definition) is 2. The van der Waals surface area contributed by atoms with E-state index < -0.39 is 0 Å². The van der Waals surface area contributed by atoms with Crippen molar-refractivity contribution in [2.24, 2.45) is 0 Å². The second kappa shape index (κ2) is 8.73. The average molecular weight is 480 g/mol. The van der Waals surface area contributed by atoms with Crippen molar-refractivity contribution < 1.29 is 14.3 Å². The molecule has 0 saturated heterocycles. The van der Waals surface area contributed by atoms with E-state index in [9.17, 15) is 9.59 Å². The lowest BCUT2D eigenvalue weighted by molar-refractivity contribution is 0.0951. The number of carbonyl (C=O) groups is 1. The van der Waals surface area contributed by atoms with E-state index >= 15 is 0 Å². The van der Waals surface area contributed by atoms with Crippen LogP contribution in [0, 0.1) is 4.77 Å². The molecule has 1 amide bonds. The molecule has 3 aromatic carbocycles. The molecule has 0 bridgehead atoms. The van der Waals surface area contributed by atoms with Crippen LogP contribution in [0.15, 0.2) is 65.5 Å². The standard InChI is InChI=1S/C24H18ClN3O4S/c25-18-4-2-1-3-16(18)12-28-23(30)17-7-6-15(10-19(17)27-24(28)33)22(29)26-11-14-5-8-20-21(9-14)32-13-31-20/h1-10H,11-13H2,(H,26,29)(H,27,33). The maximum absolute atomic E-state index is 13.1. The molecule has 33 heavy (non-hydrogen) atoms. The minimum absolute atomic E-state index is 0.198. The molecule has 1 aromatic heterocycles. The van der Waals surface area contributed by atoms with Crippen LogP contribution in [-0.4, -0.2) is 22.3 Å². The number of nitrogens with zero attached hydrogens (tertiary/aromatic N) is 1. The molecule has 9 heteroatoms. The number of carbonyl (C=O) groups excluding carboxylic acids is 1. The SMILES string of the molecule is O=C(NCc1ccc2c(c1)OCO2)c1ccc2c(=O)n(Cc3ccccc3Cl)c(=S)[nH]c2c1. The van der Waals surface area contributed by atoms with Gasteiger partial charge in [0.15, 0.2) is 16.3 Å². The molecule has 0 atom stereocenters. The van der Waals surface area contributed by atoms with Gasteiger partial charge in [0.1, 0.15) is 0 Å². The maximum atomic E-state index is 13.1. The predicted molar refractivity (Wildman–Crippen MR) is 128 cm³/mol. The molecule has 2 heterocycles. The van der Waals surface area contributed by atoms with Crippen molar-refractivity contribution in [2.45, 2.75) is 13.1 Å². The summed E-state index contributed by atoms with van der Waals surface area (Å²) < 4.78 is 12.4. The molecule has 0 aliphatic carbocycles. The van der Waals surface area contributed by atoms with Crippen LogP contribution in [-0.2, 0) is 13.1 Å². The molecule has 2 N–H and O–H groups in total. The third-order valence-electron chi connectivity index (χ3n) is 5.42. The Morgan fingerprint density at radius 3 is 2.76 bits per heavy atom. The molecule has 0 saturated carbocycles. The van der Waals surface area contributed by atoms with Gasteiger partial charge in [-0.1, -0.05) is 35.9 Å². The summed E-state index contributed by atoms with van der Waals surface area (Å²) in [6.07, 6.45) is 0. The number of benzene rings is 3. The summed E-state index contributed by atoms with van der Waals surface area (Å²) in [6.45, 7) is 0.772. The minimum atomic E-state index is -0.269. The Bertz CT molecular complexity index is 1510. The molecule has 166 valence electrons. The van der Waals surface area contributed by atoms with Crippen LogP contribution in [0.1, 0.15) is 21.5 Å². The van der Waals surface area contributed by atoms with Crippen molar-refractivity contribution in [2.75, 3.05) is 6.79 Å². The summed E-state index contributed by atoms with van der Waals surface area (Å²) in [5, 5.41) is 3.87. The van der Waals surface area contributed by atoms with Crippen molar-refractivity contribution in [3.63, 3.8) is 0 Å². The Kier molecular flexibility index (Phi) is 5.62. The number of halogens is 1. The Hall–Kier alpha value is -3.62. The van der Waals surface area contributed by atoms with Crippen LogP contribution in [0.5, 0.6) is 11.5 Å². The molecule has 5 rings (SSSR count). The fraction of sp³-hybridized carbons (Fsp3) is 0.125. The van der Waals surface area contributed by atoms with Crippen molar-refractivity contribution in [3.8, 4) is 11.5 Å². The monoisotopic (exact) mass is 479 g/mol. The van der Waals surface area contributed by atoms with E-state index in [2.05, 4.69) is 10.3 Å². The van der Waals surface area contributed by atoms with E-state index in [0.717, 1.165) is 11.1 Å². The van der Waals surface area contributed by atoms with E-state index in [0.29, 0.717) is 39.5 Å². The van der Waals surface area contributed by atoms with Gasteiger partial charge in [-0.3, -0.25) is 14.2 Å². The van der Waals surface area contributed by atoms with Gasteiger partial charge in [-0.25, -0.2) is 0 Å². The van der Waals surface area contributed by atoms with E-state index in [1.165, 1.54) is 4.57 Å². The van der Waals surface area contributed by atoms with Gasteiger partial charge in [0.2, 0.25) is 6.79 Å². The average Bonchev–Trinajstić information content (AvgIpc) is 3.29. The Morgan fingerprint density at radius 2 is 1.91 bits per heavy atom. The first kappa shape index (κ1) is 21.2. The Morgan fingerprint density at radius 1 is 1.09 bits per heavy atom. The fourth-order valence-electron chi connectivity index (χ4n) is 3.67. The minimum Gasteiger partial charge on any atom is -0.454 e. The molecule has 0 fully saturated rings. The topological polar surface area (TPSA) is 85.3 Å². The molecule has 7 nitrogen and oxygen atoms in total. The molecular formula is C24H18ClN3O4S. The van der Waals surface area contributed by atoms with Crippen LogP contribution >= 0.6 is 23.8 Å². The van der Waals surface area contributed by atoms with Gasteiger partial charge in [0.05, 0.1) is 17.4 Å². The normalized spacial score (nSPS) is 12.2. The van der Waals surface area contributed by atoms with E-state index in [4.69, 9.17) is 33.3 Å². The highest BCUT2D eigenvalue weighted by Crippen LogP contribution is 2.32. The highest BCUT2D eigenvalue weighted by atomic mass is 35.5. The van der Waals surface area contributed by atoms with Gasteiger partial charge < -0.3 is 19.8 Å². The first-order valence-corrected chi connectivity index (χ1v) is 11.0. The zero-order chi connectivity index (χ0) is 22.9. The van der Waals surface area contributed by atoms with E-state index in [-0.39, 0.29) is 29.6 Å². The number of aromatic amines is 1. The Balaban J connectivity index is 1.38. The van der Waals surface area contributed by atoms with Crippen molar-refractivity contribution in [1.82, 2.24) is 14.9 Å². The largest absolute Gasteiger partial charge is 0.454 e. The van der Waals surface area contributed by atoms with Crippen LogP contribution < -0.4 is 20.3 Å². The lowest BCUT2D eigenvalue weighted by Gasteiger charge is -2.11. The summed E-state index contributed by atoms with van der Waals surface area (Å²) >= 11 is 11.7. The number of rotatable bonds is 5. The van der Waals surface area contributed by atoms with Gasteiger partial charge in [0.25, 0.3) is 11.5 Å². The summed E-state index contributed by atoms with van der Waals surface area (Å²) in [5.41, 5.74) is 2.34. The fourth-order valence-corrected chi connectivity index (χ4v) is 4.12. The molecule has 1 aliphatic rings. The number of fused-ring (bicyclic) bond motifs is 2. The first-order chi connectivity index (χ1) is 16.0. The molecule has 1 aliphatic heterocycles. The lowest BCUT2D eigenvalue weighted by atomic mass is 10.1. The number of nitrogens with one attached hydrogen (secondary N) is 2.